The van der Waals surface area contributed by atoms with Gasteiger partial charge in [0.15, 0.2) is 0 Å². The van der Waals surface area contributed by atoms with Crippen LogP contribution < -0.4 is 10.6 Å². The lowest BCUT2D eigenvalue weighted by Crippen LogP contribution is -2.47. The van der Waals surface area contributed by atoms with Crippen LogP contribution in [0.15, 0.2) is 30.3 Å². The van der Waals surface area contributed by atoms with Crippen LogP contribution in [0.4, 0.5) is 0 Å². The number of rotatable bonds is 6. The number of thioether (sulfide) groups is 1. The molecule has 3 nitrogen and oxygen atoms in total. The topological polar surface area (TPSA) is 41.1 Å². The van der Waals surface area contributed by atoms with Crippen molar-refractivity contribution in [2.24, 2.45) is 0 Å². The van der Waals surface area contributed by atoms with Gasteiger partial charge in [0.1, 0.15) is 0 Å². The smallest absolute Gasteiger partial charge is 0.238 e. The van der Waals surface area contributed by atoms with Gasteiger partial charge in [0, 0.05) is 23.6 Å². The van der Waals surface area contributed by atoms with Crippen molar-refractivity contribution in [2.75, 3.05) is 18.2 Å². The lowest BCUT2D eigenvalue weighted by atomic mass is 9.76. The molecule has 110 valence electrons. The van der Waals surface area contributed by atoms with Gasteiger partial charge in [-0.15, -0.1) is 11.8 Å². The molecular formula is C16H24N2OS. The Morgan fingerprint density at radius 3 is 2.60 bits per heavy atom. The molecule has 20 heavy (non-hydrogen) atoms. The van der Waals surface area contributed by atoms with Crippen molar-refractivity contribution < 1.29 is 4.79 Å². The summed E-state index contributed by atoms with van der Waals surface area (Å²) in [5.41, 5.74) is 1.36. The molecule has 1 amide bonds. The Labute approximate surface area is 125 Å². The number of amides is 1. The Hall–Kier alpha value is -1.00. The second-order valence-electron chi connectivity index (χ2n) is 5.34. The number of benzene rings is 1. The highest BCUT2D eigenvalue weighted by atomic mass is 32.2. The standard InChI is InChI=1S/C16H24N2OS/c1-3-16(4-2,13-8-6-5-7-9-13)11-17-15(19)14-10-20-12-18-14/h5-9,14,18H,3-4,10-12H2,1-2H3,(H,17,19). The monoisotopic (exact) mass is 292 g/mol. The molecule has 0 aromatic heterocycles. The fourth-order valence-corrected chi connectivity index (χ4v) is 3.69. The number of hydrogen-bond acceptors (Lipinski definition) is 3. The van der Waals surface area contributed by atoms with Crippen molar-refractivity contribution in [1.82, 2.24) is 10.6 Å². The van der Waals surface area contributed by atoms with Gasteiger partial charge >= 0.3 is 0 Å². The lowest BCUT2D eigenvalue weighted by Gasteiger charge is -2.33. The van der Waals surface area contributed by atoms with Crippen molar-refractivity contribution in [3.8, 4) is 0 Å². The Balaban J connectivity index is 2.04. The van der Waals surface area contributed by atoms with Gasteiger partial charge in [0.2, 0.25) is 5.91 Å². The van der Waals surface area contributed by atoms with Crippen molar-refractivity contribution in [1.29, 1.82) is 0 Å². The second-order valence-corrected chi connectivity index (χ2v) is 6.37. The van der Waals surface area contributed by atoms with E-state index in [0.29, 0.717) is 6.54 Å². The fourth-order valence-electron chi connectivity index (χ4n) is 2.75. The molecule has 1 aliphatic rings. The van der Waals surface area contributed by atoms with E-state index in [0.717, 1.165) is 24.5 Å². The molecule has 0 aliphatic carbocycles. The number of carbonyl (C=O) groups excluding carboxylic acids is 1. The first-order valence-corrected chi connectivity index (χ1v) is 8.51. The molecule has 0 spiro atoms. The molecule has 1 heterocycles. The summed E-state index contributed by atoms with van der Waals surface area (Å²) >= 11 is 1.78. The van der Waals surface area contributed by atoms with Crippen LogP contribution in [0.25, 0.3) is 0 Å². The van der Waals surface area contributed by atoms with Crippen LogP contribution in [0.5, 0.6) is 0 Å². The van der Waals surface area contributed by atoms with Gasteiger partial charge in [0.05, 0.1) is 6.04 Å². The summed E-state index contributed by atoms with van der Waals surface area (Å²) in [6.07, 6.45) is 2.06. The predicted molar refractivity (Wildman–Crippen MR) is 86.0 cm³/mol. The quantitative estimate of drug-likeness (QED) is 0.846. The van der Waals surface area contributed by atoms with Crippen LogP contribution in [0, 0.1) is 0 Å². The van der Waals surface area contributed by atoms with Crippen LogP contribution in [0.2, 0.25) is 0 Å². The second kappa shape index (κ2) is 7.14. The summed E-state index contributed by atoms with van der Waals surface area (Å²) in [4.78, 5) is 12.2. The maximum Gasteiger partial charge on any atom is 0.238 e. The van der Waals surface area contributed by atoms with Gasteiger partial charge in [-0.1, -0.05) is 44.2 Å². The molecule has 1 aliphatic heterocycles. The highest BCUT2D eigenvalue weighted by Gasteiger charge is 2.30. The van der Waals surface area contributed by atoms with Gasteiger partial charge in [-0.25, -0.2) is 0 Å². The minimum absolute atomic E-state index is 0.0258. The zero-order chi connectivity index (χ0) is 14.4. The molecule has 2 rings (SSSR count). The minimum atomic E-state index is -0.0258. The third-order valence-electron chi connectivity index (χ3n) is 4.37. The molecule has 0 saturated carbocycles. The first-order chi connectivity index (χ1) is 9.72. The Morgan fingerprint density at radius 1 is 1.35 bits per heavy atom. The van der Waals surface area contributed by atoms with Crippen molar-refractivity contribution >= 4 is 17.7 Å². The molecule has 2 N–H and O–H groups in total. The Bertz CT molecular complexity index is 425. The first kappa shape index (κ1) is 15.4. The van der Waals surface area contributed by atoms with E-state index in [4.69, 9.17) is 0 Å². The van der Waals surface area contributed by atoms with E-state index in [1.165, 1.54) is 5.56 Å². The summed E-state index contributed by atoms with van der Waals surface area (Å²) in [5, 5.41) is 6.37. The van der Waals surface area contributed by atoms with Crippen molar-refractivity contribution in [3.05, 3.63) is 35.9 Å². The fraction of sp³-hybridized carbons (Fsp3) is 0.562. The molecule has 0 bridgehead atoms. The molecule has 1 aromatic carbocycles. The molecule has 0 radical (unpaired) electrons. The Kier molecular flexibility index (Phi) is 5.49. The maximum absolute atomic E-state index is 12.2. The maximum atomic E-state index is 12.2. The van der Waals surface area contributed by atoms with E-state index in [1.54, 1.807) is 11.8 Å². The molecular weight excluding hydrogens is 268 g/mol. The normalized spacial score (nSPS) is 19.0. The lowest BCUT2D eigenvalue weighted by molar-refractivity contribution is -0.122. The van der Waals surface area contributed by atoms with Crippen molar-refractivity contribution in [2.45, 2.75) is 38.1 Å². The summed E-state index contributed by atoms with van der Waals surface area (Å²) in [7, 11) is 0. The number of carbonyl (C=O) groups is 1. The van der Waals surface area contributed by atoms with E-state index in [1.807, 2.05) is 6.07 Å². The highest BCUT2D eigenvalue weighted by Crippen LogP contribution is 2.30. The molecule has 4 heteroatoms. The summed E-state index contributed by atoms with van der Waals surface area (Å²) in [6.45, 7) is 5.12. The number of nitrogens with one attached hydrogen (secondary N) is 2. The van der Waals surface area contributed by atoms with E-state index >= 15 is 0 Å². The SMILES string of the molecule is CCC(CC)(CNC(=O)C1CSCN1)c1ccccc1. The molecule has 1 aromatic rings. The number of hydrogen-bond donors (Lipinski definition) is 2. The van der Waals surface area contributed by atoms with Gasteiger partial charge in [-0.2, -0.15) is 0 Å². The van der Waals surface area contributed by atoms with Crippen LogP contribution >= 0.6 is 11.8 Å². The summed E-state index contributed by atoms with van der Waals surface area (Å²) < 4.78 is 0. The zero-order valence-electron chi connectivity index (χ0n) is 12.3. The average Bonchev–Trinajstić information content (AvgIpc) is 3.04. The molecule has 1 saturated heterocycles. The third-order valence-corrected chi connectivity index (χ3v) is 5.31. The van der Waals surface area contributed by atoms with Gasteiger partial charge in [0.25, 0.3) is 0 Å². The molecule has 1 atom stereocenters. The minimum Gasteiger partial charge on any atom is -0.354 e. The van der Waals surface area contributed by atoms with E-state index in [-0.39, 0.29) is 17.4 Å². The third kappa shape index (κ3) is 3.36. The average molecular weight is 292 g/mol. The molecule has 1 fully saturated rings. The van der Waals surface area contributed by atoms with E-state index < -0.39 is 0 Å². The van der Waals surface area contributed by atoms with Gasteiger partial charge in [-0.05, 0) is 18.4 Å². The zero-order valence-corrected chi connectivity index (χ0v) is 13.1. The van der Waals surface area contributed by atoms with Crippen molar-refractivity contribution in [3.63, 3.8) is 0 Å². The van der Waals surface area contributed by atoms with E-state index in [9.17, 15) is 4.79 Å². The first-order valence-electron chi connectivity index (χ1n) is 7.36. The summed E-state index contributed by atoms with van der Waals surface area (Å²) in [5.74, 6) is 1.89. The van der Waals surface area contributed by atoms with Crippen LogP contribution in [0.3, 0.4) is 0 Å². The van der Waals surface area contributed by atoms with Gasteiger partial charge in [-0.3, -0.25) is 10.1 Å². The van der Waals surface area contributed by atoms with Gasteiger partial charge < -0.3 is 5.32 Å². The highest BCUT2D eigenvalue weighted by molar-refractivity contribution is 7.99. The summed E-state index contributed by atoms with van der Waals surface area (Å²) in [6, 6.07) is 10.5. The molecule has 1 unspecified atom stereocenters. The van der Waals surface area contributed by atoms with Crippen LogP contribution in [-0.4, -0.2) is 30.1 Å². The van der Waals surface area contributed by atoms with Crippen LogP contribution in [-0.2, 0) is 10.2 Å². The van der Waals surface area contributed by atoms with Crippen LogP contribution in [0.1, 0.15) is 32.3 Å². The van der Waals surface area contributed by atoms with E-state index in [2.05, 4.69) is 48.7 Å². The Morgan fingerprint density at radius 2 is 2.05 bits per heavy atom. The predicted octanol–water partition coefficient (Wildman–Crippen LogP) is 2.52. The largest absolute Gasteiger partial charge is 0.354 e.